The zero-order valence-electron chi connectivity index (χ0n) is 14.4. The maximum Gasteiger partial charge on any atom is 0.321 e. The van der Waals surface area contributed by atoms with Crippen molar-refractivity contribution >= 4 is 40.1 Å². The minimum Gasteiger partial charge on any atom is -0.489 e. The molecule has 1 heterocycles. The van der Waals surface area contributed by atoms with Crippen molar-refractivity contribution in [1.29, 1.82) is 0 Å². The Morgan fingerprint density at radius 2 is 1.93 bits per heavy atom. The monoisotopic (exact) mass is 399 g/mol. The summed E-state index contributed by atoms with van der Waals surface area (Å²) in [6.45, 7) is 0.419. The van der Waals surface area contributed by atoms with Crippen molar-refractivity contribution in [3.05, 3.63) is 76.8 Å². The summed E-state index contributed by atoms with van der Waals surface area (Å²) in [6.07, 6.45) is 0. The number of rotatable bonds is 5. The molecule has 1 fully saturated rings. The Morgan fingerprint density at radius 1 is 1.15 bits per heavy atom. The highest BCUT2D eigenvalue weighted by Gasteiger charge is 2.33. The first-order valence-electron chi connectivity index (χ1n) is 8.61. The summed E-state index contributed by atoms with van der Waals surface area (Å²) in [7, 11) is 0. The molecule has 1 saturated heterocycles. The fraction of sp³-hybridized carbons (Fsp3) is 0.190. The number of carboxylic acids is 1. The first kappa shape index (κ1) is 18.2. The lowest BCUT2D eigenvalue weighted by atomic mass is 10.0. The molecule has 0 aliphatic carbocycles. The maximum absolute atomic E-state index is 11.3. The van der Waals surface area contributed by atoms with Gasteiger partial charge in [-0.15, -0.1) is 11.8 Å². The van der Waals surface area contributed by atoms with Gasteiger partial charge in [-0.05, 0) is 34.5 Å². The number of fused-ring (bicyclic) bond motifs is 1. The van der Waals surface area contributed by atoms with Gasteiger partial charge in [0.25, 0.3) is 0 Å². The molecular weight excluding hydrogens is 382 g/mol. The van der Waals surface area contributed by atoms with Crippen LogP contribution in [0.1, 0.15) is 16.5 Å². The van der Waals surface area contributed by atoms with Gasteiger partial charge in [0.2, 0.25) is 0 Å². The largest absolute Gasteiger partial charge is 0.489 e. The number of carboxylic acid groups (broad SMARTS) is 1. The van der Waals surface area contributed by atoms with E-state index < -0.39 is 12.0 Å². The minimum atomic E-state index is -0.825. The Labute approximate surface area is 166 Å². The summed E-state index contributed by atoms with van der Waals surface area (Å²) in [5, 5.41) is 15.3. The van der Waals surface area contributed by atoms with Crippen LogP contribution in [0.15, 0.2) is 60.7 Å². The van der Waals surface area contributed by atoms with Gasteiger partial charge in [-0.1, -0.05) is 54.1 Å². The van der Waals surface area contributed by atoms with Crippen LogP contribution in [0.5, 0.6) is 5.75 Å². The molecule has 1 aliphatic rings. The molecule has 0 unspecified atom stereocenters. The number of benzene rings is 3. The van der Waals surface area contributed by atoms with Crippen LogP contribution in [0.3, 0.4) is 0 Å². The summed E-state index contributed by atoms with van der Waals surface area (Å²) in [5.41, 5.74) is 2.02. The van der Waals surface area contributed by atoms with E-state index in [1.165, 1.54) is 0 Å². The van der Waals surface area contributed by atoms with Crippen molar-refractivity contribution in [2.24, 2.45) is 0 Å². The SMILES string of the molecule is O=C(O)[C@@H]1CS[C@@H](c2c(OCc3ccc(Cl)cc3)ccc3ccccc23)N1. The molecule has 0 aromatic heterocycles. The topological polar surface area (TPSA) is 58.6 Å². The predicted molar refractivity (Wildman–Crippen MR) is 109 cm³/mol. The third-order valence-electron chi connectivity index (χ3n) is 4.58. The second kappa shape index (κ2) is 7.80. The van der Waals surface area contributed by atoms with Gasteiger partial charge in [-0.25, -0.2) is 0 Å². The number of aliphatic carboxylic acids is 1. The average Bonchev–Trinajstić information content (AvgIpc) is 3.17. The lowest BCUT2D eigenvalue weighted by Crippen LogP contribution is -2.33. The molecule has 0 amide bonds. The van der Waals surface area contributed by atoms with Crippen LogP contribution in [0, 0.1) is 0 Å². The fourth-order valence-corrected chi connectivity index (χ4v) is 4.61. The van der Waals surface area contributed by atoms with Gasteiger partial charge < -0.3 is 9.84 Å². The van der Waals surface area contributed by atoms with Crippen molar-refractivity contribution in [3.8, 4) is 5.75 Å². The number of nitrogens with one attached hydrogen (secondary N) is 1. The highest BCUT2D eigenvalue weighted by Crippen LogP contribution is 2.42. The molecule has 3 aromatic carbocycles. The third kappa shape index (κ3) is 3.90. The molecule has 0 bridgehead atoms. The van der Waals surface area contributed by atoms with Gasteiger partial charge in [0.15, 0.2) is 0 Å². The zero-order valence-corrected chi connectivity index (χ0v) is 16.0. The summed E-state index contributed by atoms with van der Waals surface area (Å²) in [5.74, 6) is 0.466. The van der Waals surface area contributed by atoms with E-state index in [1.807, 2.05) is 48.5 Å². The van der Waals surface area contributed by atoms with E-state index >= 15 is 0 Å². The van der Waals surface area contributed by atoms with Crippen molar-refractivity contribution < 1.29 is 14.6 Å². The standard InChI is InChI=1S/C21H18ClNO3S/c22-15-8-5-13(6-9-15)11-26-18-10-7-14-3-1-2-4-16(14)19(18)20-23-17(12-27-20)21(24)25/h1-10,17,20,23H,11-12H2,(H,24,25)/t17-,20-/m0/s1. The van der Waals surface area contributed by atoms with E-state index in [0.29, 0.717) is 17.4 Å². The number of thioether (sulfide) groups is 1. The minimum absolute atomic E-state index is 0.127. The normalized spacial score (nSPS) is 19.3. The van der Waals surface area contributed by atoms with Crippen molar-refractivity contribution in [2.45, 2.75) is 18.0 Å². The van der Waals surface area contributed by atoms with Crippen molar-refractivity contribution in [3.63, 3.8) is 0 Å². The lowest BCUT2D eigenvalue weighted by molar-refractivity contribution is -0.138. The molecule has 6 heteroatoms. The second-order valence-electron chi connectivity index (χ2n) is 6.38. The molecule has 27 heavy (non-hydrogen) atoms. The van der Waals surface area contributed by atoms with E-state index in [1.54, 1.807) is 11.8 Å². The quantitative estimate of drug-likeness (QED) is 0.641. The highest BCUT2D eigenvalue weighted by atomic mass is 35.5. The maximum atomic E-state index is 11.3. The van der Waals surface area contributed by atoms with Crippen LogP contribution in [-0.4, -0.2) is 22.9 Å². The predicted octanol–water partition coefficient (Wildman–Crippen LogP) is 4.86. The van der Waals surface area contributed by atoms with E-state index in [4.69, 9.17) is 16.3 Å². The number of hydrogen-bond acceptors (Lipinski definition) is 4. The first-order chi connectivity index (χ1) is 13.1. The summed E-state index contributed by atoms with van der Waals surface area (Å²) < 4.78 is 6.14. The zero-order chi connectivity index (χ0) is 18.8. The van der Waals surface area contributed by atoms with Gasteiger partial charge in [-0.3, -0.25) is 10.1 Å². The third-order valence-corrected chi connectivity index (χ3v) is 6.06. The van der Waals surface area contributed by atoms with Crippen molar-refractivity contribution in [2.75, 3.05) is 5.75 Å². The molecule has 0 radical (unpaired) electrons. The van der Waals surface area contributed by atoms with Crippen LogP contribution in [-0.2, 0) is 11.4 Å². The summed E-state index contributed by atoms with van der Waals surface area (Å²) in [4.78, 5) is 11.3. The molecule has 138 valence electrons. The molecule has 0 spiro atoms. The van der Waals surface area contributed by atoms with E-state index in [0.717, 1.165) is 27.6 Å². The Bertz CT molecular complexity index is 977. The fourth-order valence-electron chi connectivity index (χ4n) is 3.19. The molecule has 4 nitrogen and oxygen atoms in total. The Kier molecular flexibility index (Phi) is 5.25. The molecule has 3 aromatic rings. The van der Waals surface area contributed by atoms with Crippen LogP contribution < -0.4 is 10.1 Å². The van der Waals surface area contributed by atoms with E-state index in [-0.39, 0.29) is 5.37 Å². The van der Waals surface area contributed by atoms with Crippen LogP contribution >= 0.6 is 23.4 Å². The van der Waals surface area contributed by atoms with Gasteiger partial charge in [0.1, 0.15) is 18.4 Å². The molecular formula is C21H18ClNO3S. The smallest absolute Gasteiger partial charge is 0.321 e. The molecule has 1 aliphatic heterocycles. The van der Waals surface area contributed by atoms with Crippen LogP contribution in [0.4, 0.5) is 0 Å². The summed E-state index contributed by atoms with van der Waals surface area (Å²) in [6, 6.07) is 19.1. The summed E-state index contributed by atoms with van der Waals surface area (Å²) >= 11 is 7.54. The second-order valence-corrected chi connectivity index (χ2v) is 7.96. The van der Waals surface area contributed by atoms with Gasteiger partial charge in [0.05, 0.1) is 5.37 Å². The van der Waals surface area contributed by atoms with Gasteiger partial charge >= 0.3 is 5.97 Å². The molecule has 4 rings (SSSR count). The first-order valence-corrected chi connectivity index (χ1v) is 10.0. The highest BCUT2D eigenvalue weighted by molar-refractivity contribution is 7.99. The van der Waals surface area contributed by atoms with Crippen LogP contribution in [0.25, 0.3) is 10.8 Å². The van der Waals surface area contributed by atoms with Gasteiger partial charge in [-0.2, -0.15) is 0 Å². The molecule has 2 atom stereocenters. The Balaban J connectivity index is 1.67. The number of hydrogen-bond donors (Lipinski definition) is 2. The van der Waals surface area contributed by atoms with E-state index in [2.05, 4.69) is 17.4 Å². The number of carbonyl (C=O) groups is 1. The average molecular weight is 400 g/mol. The lowest BCUT2D eigenvalue weighted by Gasteiger charge is -2.19. The van der Waals surface area contributed by atoms with Gasteiger partial charge in [0, 0.05) is 16.3 Å². The number of ether oxygens (including phenoxy) is 1. The molecule has 0 saturated carbocycles. The van der Waals surface area contributed by atoms with Crippen molar-refractivity contribution in [1.82, 2.24) is 5.32 Å². The molecule has 2 N–H and O–H groups in total. The van der Waals surface area contributed by atoms with Crippen LogP contribution in [0.2, 0.25) is 5.02 Å². The van der Waals surface area contributed by atoms with E-state index in [9.17, 15) is 9.90 Å². The Hall–Kier alpha value is -2.21. The number of halogens is 1. The Morgan fingerprint density at radius 3 is 2.67 bits per heavy atom.